The van der Waals surface area contributed by atoms with E-state index in [2.05, 4.69) is 30.7 Å². The summed E-state index contributed by atoms with van der Waals surface area (Å²) in [7, 11) is 0. The number of rotatable bonds is 6. The Hall–Kier alpha value is -0.510. The van der Waals surface area contributed by atoms with Gasteiger partial charge in [0.25, 0.3) is 5.91 Å². The molecule has 114 valence electrons. The fraction of sp³-hybridized carbons (Fsp3) is 0.417. The Labute approximate surface area is 144 Å². The molecule has 2 heterocycles. The summed E-state index contributed by atoms with van der Waals surface area (Å²) >= 11 is 7.87. The van der Waals surface area contributed by atoms with Gasteiger partial charge in [-0.1, -0.05) is 0 Å². The zero-order valence-corrected chi connectivity index (χ0v) is 15.9. The molecule has 0 saturated heterocycles. The van der Waals surface area contributed by atoms with Crippen molar-refractivity contribution in [1.82, 2.24) is 19.5 Å². The van der Waals surface area contributed by atoms with Gasteiger partial charge in [0.2, 0.25) is 0 Å². The molecule has 21 heavy (non-hydrogen) atoms. The first-order valence-electron chi connectivity index (χ1n) is 6.18. The first kappa shape index (κ1) is 16.9. The largest absolute Gasteiger partial charge is 0.346 e. The van der Waals surface area contributed by atoms with Crippen LogP contribution in [0.2, 0.25) is 0 Å². The molecule has 0 aromatic carbocycles. The minimum absolute atomic E-state index is 0.0896. The smallest absolute Gasteiger partial charge is 0.256 e. The molecule has 0 fully saturated rings. The molecule has 0 aliphatic heterocycles. The number of carbonyl (C=O) groups excluding carboxylic acids is 1. The van der Waals surface area contributed by atoms with Gasteiger partial charge < -0.3 is 5.32 Å². The molecule has 2 aromatic heterocycles. The van der Waals surface area contributed by atoms with E-state index >= 15 is 0 Å². The van der Waals surface area contributed by atoms with Crippen LogP contribution in [0.3, 0.4) is 0 Å². The van der Waals surface area contributed by atoms with E-state index in [0.29, 0.717) is 12.1 Å². The SMILES string of the molecule is CCn1ncc(Br)c1CNC(=O)c1c(SC)nsc1SC. The predicted molar refractivity (Wildman–Crippen MR) is 92.4 cm³/mol. The van der Waals surface area contributed by atoms with E-state index in [0.717, 1.165) is 25.9 Å². The minimum Gasteiger partial charge on any atom is -0.346 e. The molecule has 0 aliphatic rings. The first-order chi connectivity index (χ1) is 10.1. The molecule has 0 aliphatic carbocycles. The van der Waals surface area contributed by atoms with Gasteiger partial charge in [-0.3, -0.25) is 9.48 Å². The third-order valence-corrected chi connectivity index (χ3v) is 6.25. The third kappa shape index (κ3) is 3.64. The van der Waals surface area contributed by atoms with Gasteiger partial charge in [0, 0.05) is 6.54 Å². The van der Waals surface area contributed by atoms with Crippen molar-refractivity contribution in [3.63, 3.8) is 0 Å². The van der Waals surface area contributed by atoms with E-state index in [1.54, 1.807) is 18.0 Å². The second kappa shape index (κ2) is 7.66. The Morgan fingerprint density at radius 3 is 2.86 bits per heavy atom. The van der Waals surface area contributed by atoms with Crippen LogP contribution >= 0.6 is 51.0 Å². The highest BCUT2D eigenvalue weighted by Crippen LogP contribution is 2.32. The van der Waals surface area contributed by atoms with E-state index in [9.17, 15) is 4.79 Å². The molecule has 0 unspecified atom stereocenters. The zero-order valence-electron chi connectivity index (χ0n) is 11.8. The van der Waals surface area contributed by atoms with Crippen molar-refractivity contribution in [2.75, 3.05) is 12.5 Å². The van der Waals surface area contributed by atoms with Crippen LogP contribution in [0.5, 0.6) is 0 Å². The van der Waals surface area contributed by atoms with Crippen LogP contribution in [0.15, 0.2) is 19.9 Å². The number of carbonyl (C=O) groups is 1. The van der Waals surface area contributed by atoms with Crippen molar-refractivity contribution in [2.45, 2.75) is 29.2 Å². The summed E-state index contributed by atoms with van der Waals surface area (Å²) in [6.45, 7) is 3.22. The van der Waals surface area contributed by atoms with Gasteiger partial charge in [0.15, 0.2) is 0 Å². The van der Waals surface area contributed by atoms with Gasteiger partial charge in [0.1, 0.15) is 5.03 Å². The number of aryl methyl sites for hydroxylation is 1. The van der Waals surface area contributed by atoms with Crippen molar-refractivity contribution in [1.29, 1.82) is 0 Å². The van der Waals surface area contributed by atoms with E-state index in [-0.39, 0.29) is 5.91 Å². The summed E-state index contributed by atoms with van der Waals surface area (Å²) in [5.41, 5.74) is 1.64. The first-order valence-corrected chi connectivity index (χ1v) is 10.2. The van der Waals surface area contributed by atoms with E-state index in [4.69, 9.17) is 0 Å². The van der Waals surface area contributed by atoms with Crippen LogP contribution in [0.25, 0.3) is 0 Å². The normalized spacial score (nSPS) is 10.9. The molecular formula is C12H15BrN4OS3. The quantitative estimate of drug-likeness (QED) is 0.743. The fourth-order valence-corrected chi connectivity index (χ4v) is 4.53. The second-order valence-corrected chi connectivity index (χ2v) is 7.49. The summed E-state index contributed by atoms with van der Waals surface area (Å²) in [5, 5.41) is 7.99. The summed E-state index contributed by atoms with van der Waals surface area (Å²) in [6.07, 6.45) is 5.63. The van der Waals surface area contributed by atoms with Gasteiger partial charge in [-0.25, -0.2) is 0 Å². The zero-order chi connectivity index (χ0) is 15.4. The maximum absolute atomic E-state index is 12.5. The highest BCUT2D eigenvalue weighted by atomic mass is 79.9. The van der Waals surface area contributed by atoms with E-state index < -0.39 is 0 Å². The van der Waals surface area contributed by atoms with Crippen LogP contribution in [0.4, 0.5) is 0 Å². The number of nitrogens with one attached hydrogen (secondary N) is 1. The lowest BCUT2D eigenvalue weighted by atomic mass is 10.3. The Morgan fingerprint density at radius 2 is 2.24 bits per heavy atom. The van der Waals surface area contributed by atoms with Crippen molar-refractivity contribution in [3.8, 4) is 0 Å². The average molecular weight is 407 g/mol. The van der Waals surface area contributed by atoms with Crippen molar-refractivity contribution in [3.05, 3.63) is 21.9 Å². The van der Waals surface area contributed by atoms with Gasteiger partial charge in [0.05, 0.1) is 32.7 Å². The summed E-state index contributed by atoms with van der Waals surface area (Å²) in [6, 6.07) is 0. The van der Waals surface area contributed by atoms with Crippen molar-refractivity contribution < 1.29 is 4.79 Å². The highest BCUT2D eigenvalue weighted by molar-refractivity contribution is 9.10. The molecular weight excluding hydrogens is 392 g/mol. The average Bonchev–Trinajstić information content (AvgIpc) is 3.07. The second-order valence-electron chi connectivity index (χ2n) is 4.00. The van der Waals surface area contributed by atoms with Gasteiger partial charge in [-0.15, -0.1) is 23.5 Å². The minimum atomic E-state index is -0.0896. The van der Waals surface area contributed by atoms with Gasteiger partial charge >= 0.3 is 0 Å². The Morgan fingerprint density at radius 1 is 1.48 bits per heavy atom. The maximum atomic E-state index is 12.5. The number of halogens is 1. The topological polar surface area (TPSA) is 59.8 Å². The summed E-state index contributed by atoms with van der Waals surface area (Å²) < 4.78 is 8.03. The molecule has 0 radical (unpaired) electrons. The molecule has 2 rings (SSSR count). The number of nitrogens with zero attached hydrogens (tertiary/aromatic N) is 3. The Balaban J connectivity index is 2.15. The Bertz CT molecular complexity index is 619. The molecule has 1 N–H and O–H groups in total. The summed E-state index contributed by atoms with van der Waals surface area (Å²) in [4.78, 5) is 12.5. The monoisotopic (exact) mass is 406 g/mol. The molecule has 2 aromatic rings. The third-order valence-electron chi connectivity index (χ3n) is 2.85. The number of aromatic nitrogens is 3. The van der Waals surface area contributed by atoms with Crippen molar-refractivity contribution >= 4 is 56.9 Å². The lowest BCUT2D eigenvalue weighted by Crippen LogP contribution is -2.25. The van der Waals surface area contributed by atoms with Crippen molar-refractivity contribution in [2.24, 2.45) is 0 Å². The molecule has 1 amide bonds. The molecule has 0 saturated carbocycles. The fourth-order valence-electron chi connectivity index (χ4n) is 1.82. The molecule has 9 heteroatoms. The standard InChI is InChI=1S/C12H15BrN4OS3/c1-4-17-8(7(13)5-15-17)6-14-10(18)9-11(19-2)16-21-12(9)20-3/h5H,4,6H2,1-3H3,(H,14,18). The maximum Gasteiger partial charge on any atom is 0.256 e. The lowest BCUT2D eigenvalue weighted by molar-refractivity contribution is 0.0944. The van der Waals surface area contributed by atoms with Crippen LogP contribution in [-0.2, 0) is 13.1 Å². The van der Waals surface area contributed by atoms with Crippen LogP contribution in [0.1, 0.15) is 23.0 Å². The van der Waals surface area contributed by atoms with Crippen LogP contribution < -0.4 is 5.32 Å². The number of hydrogen-bond donors (Lipinski definition) is 1. The number of hydrogen-bond acceptors (Lipinski definition) is 6. The number of thioether (sulfide) groups is 2. The van der Waals surface area contributed by atoms with Crippen LogP contribution in [-0.4, -0.2) is 32.6 Å². The van der Waals surface area contributed by atoms with E-state index in [1.165, 1.54) is 23.3 Å². The van der Waals surface area contributed by atoms with Crippen LogP contribution in [0, 0.1) is 0 Å². The van der Waals surface area contributed by atoms with Gasteiger partial charge in [-0.2, -0.15) is 9.47 Å². The molecule has 0 bridgehead atoms. The molecule has 5 nitrogen and oxygen atoms in total. The Kier molecular flexibility index (Phi) is 6.15. The van der Waals surface area contributed by atoms with Gasteiger partial charge in [-0.05, 0) is 46.9 Å². The molecule has 0 atom stereocenters. The predicted octanol–water partition coefficient (Wildman–Crippen LogP) is 3.50. The highest BCUT2D eigenvalue weighted by Gasteiger charge is 2.20. The summed E-state index contributed by atoms with van der Waals surface area (Å²) in [5.74, 6) is -0.0896. The number of amides is 1. The van der Waals surface area contributed by atoms with E-state index in [1.807, 2.05) is 24.1 Å². The lowest BCUT2D eigenvalue weighted by Gasteiger charge is -2.08. The molecule has 0 spiro atoms.